The van der Waals surface area contributed by atoms with E-state index < -0.39 is 17.8 Å². The Morgan fingerprint density at radius 3 is 2.30 bits per heavy atom. The van der Waals surface area contributed by atoms with Crippen LogP contribution >= 0.6 is 0 Å². The Balaban J connectivity index is 1.75. The van der Waals surface area contributed by atoms with Crippen LogP contribution in [0.3, 0.4) is 0 Å². The monoisotopic (exact) mass is 376 g/mol. The van der Waals surface area contributed by atoms with Crippen molar-refractivity contribution in [2.75, 3.05) is 0 Å². The highest BCUT2D eigenvalue weighted by atomic mass is 16.3. The van der Waals surface area contributed by atoms with Crippen molar-refractivity contribution in [1.82, 2.24) is 0 Å². The summed E-state index contributed by atoms with van der Waals surface area (Å²) in [5, 5.41) is 30.0. The van der Waals surface area contributed by atoms with Gasteiger partial charge in [0.05, 0.1) is 17.8 Å². The van der Waals surface area contributed by atoms with Crippen molar-refractivity contribution in [3.8, 4) is 0 Å². The summed E-state index contributed by atoms with van der Waals surface area (Å²) in [4.78, 5) is 0. The van der Waals surface area contributed by atoms with Gasteiger partial charge in [-0.05, 0) is 83.0 Å². The fourth-order valence-corrected chi connectivity index (χ4v) is 5.86. The lowest BCUT2D eigenvalue weighted by Gasteiger charge is -2.36. The summed E-state index contributed by atoms with van der Waals surface area (Å²) in [5.41, 5.74) is 2.67. The molecule has 0 radical (unpaired) electrons. The second kappa shape index (κ2) is 8.80. The van der Waals surface area contributed by atoms with E-state index in [-0.39, 0.29) is 0 Å². The molecule has 3 nitrogen and oxygen atoms in total. The van der Waals surface area contributed by atoms with Crippen molar-refractivity contribution < 1.29 is 15.3 Å². The fourth-order valence-electron chi connectivity index (χ4n) is 5.86. The van der Waals surface area contributed by atoms with Crippen LogP contribution in [0, 0.1) is 11.3 Å². The van der Waals surface area contributed by atoms with Gasteiger partial charge in [-0.15, -0.1) is 0 Å². The second-order valence-electron chi connectivity index (χ2n) is 10.2. The first-order chi connectivity index (χ1) is 12.8. The predicted octanol–water partition coefficient (Wildman–Crippen LogP) is 5.05. The lowest BCUT2D eigenvalue weighted by atomic mass is 9.69. The van der Waals surface area contributed by atoms with Crippen LogP contribution in [0.2, 0.25) is 0 Å². The van der Waals surface area contributed by atoms with E-state index in [9.17, 15) is 15.3 Å². The molecule has 3 saturated carbocycles. The average Bonchev–Trinajstić information content (AvgIpc) is 2.89. The zero-order chi connectivity index (χ0) is 19.5. The molecule has 3 fully saturated rings. The van der Waals surface area contributed by atoms with Gasteiger partial charge in [0, 0.05) is 0 Å². The summed E-state index contributed by atoms with van der Waals surface area (Å²) in [6, 6.07) is 0. The maximum Gasteiger partial charge on any atom is 0.0602 e. The summed E-state index contributed by atoms with van der Waals surface area (Å²) in [7, 11) is 0. The molecule has 1 spiro atoms. The molecular formula is C24H40O3. The van der Waals surface area contributed by atoms with E-state index in [1.165, 1.54) is 56.9 Å². The summed E-state index contributed by atoms with van der Waals surface area (Å²) in [5.74, 6) is 0.640. The van der Waals surface area contributed by atoms with E-state index in [2.05, 4.69) is 12.2 Å². The molecule has 154 valence electrons. The van der Waals surface area contributed by atoms with Gasteiger partial charge in [-0.25, -0.2) is 0 Å². The number of allylic oxidation sites excluding steroid dienone is 3. The maximum absolute atomic E-state index is 10.1. The van der Waals surface area contributed by atoms with Crippen molar-refractivity contribution in [3.05, 3.63) is 23.3 Å². The van der Waals surface area contributed by atoms with Crippen LogP contribution in [0.1, 0.15) is 97.3 Å². The Morgan fingerprint density at radius 1 is 1.00 bits per heavy atom. The van der Waals surface area contributed by atoms with Crippen LogP contribution < -0.4 is 0 Å². The van der Waals surface area contributed by atoms with Crippen LogP contribution in [-0.4, -0.2) is 33.1 Å². The van der Waals surface area contributed by atoms with Crippen LogP contribution in [0.4, 0.5) is 0 Å². The third-order valence-electron chi connectivity index (χ3n) is 7.21. The molecule has 0 heterocycles. The zero-order valence-electron chi connectivity index (χ0n) is 17.4. The SMILES string of the molecule is CC(C)(O)CCC[C@H]1CCC2(CCCCC2)/C1=C/C=C1C[C@@H](O)C[C@H](O)C1. The molecule has 0 saturated heterocycles. The van der Waals surface area contributed by atoms with Gasteiger partial charge in [0.25, 0.3) is 0 Å². The van der Waals surface area contributed by atoms with Gasteiger partial charge in [0.15, 0.2) is 0 Å². The zero-order valence-corrected chi connectivity index (χ0v) is 17.4. The van der Waals surface area contributed by atoms with Crippen LogP contribution in [0.25, 0.3) is 0 Å². The predicted molar refractivity (Wildman–Crippen MR) is 110 cm³/mol. The number of rotatable bonds is 5. The Labute approximate surface area is 165 Å². The lowest BCUT2D eigenvalue weighted by Crippen LogP contribution is -2.25. The van der Waals surface area contributed by atoms with Crippen LogP contribution in [0.15, 0.2) is 23.3 Å². The highest BCUT2D eigenvalue weighted by Crippen LogP contribution is 2.56. The largest absolute Gasteiger partial charge is 0.393 e. The average molecular weight is 377 g/mol. The summed E-state index contributed by atoms with van der Waals surface area (Å²) in [6.07, 6.45) is 18.2. The Hall–Kier alpha value is -0.640. The number of hydrogen-bond donors (Lipinski definition) is 3. The van der Waals surface area contributed by atoms with Gasteiger partial charge >= 0.3 is 0 Å². The first kappa shape index (κ1) is 21.1. The number of aliphatic hydroxyl groups excluding tert-OH is 2. The third kappa shape index (κ3) is 5.68. The Morgan fingerprint density at radius 2 is 1.67 bits per heavy atom. The molecule has 0 amide bonds. The van der Waals surface area contributed by atoms with E-state index in [4.69, 9.17) is 0 Å². The molecule has 27 heavy (non-hydrogen) atoms. The van der Waals surface area contributed by atoms with Gasteiger partial charge in [-0.2, -0.15) is 0 Å². The fraction of sp³-hybridized carbons (Fsp3) is 0.833. The quantitative estimate of drug-likeness (QED) is 0.629. The van der Waals surface area contributed by atoms with Gasteiger partial charge in [-0.3, -0.25) is 0 Å². The van der Waals surface area contributed by atoms with Gasteiger partial charge in [0.1, 0.15) is 0 Å². The molecular weight excluding hydrogens is 336 g/mol. The molecule has 3 aliphatic rings. The number of aliphatic hydroxyl groups is 3. The molecule has 0 aromatic carbocycles. The van der Waals surface area contributed by atoms with Crippen molar-refractivity contribution in [1.29, 1.82) is 0 Å². The van der Waals surface area contributed by atoms with Crippen molar-refractivity contribution in [2.45, 2.75) is 115 Å². The van der Waals surface area contributed by atoms with E-state index in [1.807, 2.05) is 13.8 Å². The molecule has 0 aromatic rings. The van der Waals surface area contributed by atoms with Gasteiger partial charge < -0.3 is 15.3 Å². The van der Waals surface area contributed by atoms with E-state index in [0.29, 0.717) is 30.6 Å². The first-order valence-electron chi connectivity index (χ1n) is 11.3. The smallest absolute Gasteiger partial charge is 0.0602 e. The standard InChI is InChI=1S/C24H40O3/c1-23(2,27)11-6-7-19-10-14-24(12-4-3-5-13-24)22(19)9-8-18-15-20(25)17-21(26)16-18/h8-9,19-21,25-27H,3-7,10-17H2,1-2H3/b22-9+/t19-,20+,21+/m0/s1. The molecule has 3 rings (SSSR count). The van der Waals surface area contributed by atoms with E-state index in [0.717, 1.165) is 12.8 Å². The Kier molecular flexibility index (Phi) is 6.87. The van der Waals surface area contributed by atoms with Gasteiger partial charge in [-0.1, -0.05) is 49.0 Å². The summed E-state index contributed by atoms with van der Waals surface area (Å²) >= 11 is 0. The van der Waals surface area contributed by atoms with Gasteiger partial charge in [0.2, 0.25) is 0 Å². The molecule has 3 aliphatic carbocycles. The van der Waals surface area contributed by atoms with Crippen molar-refractivity contribution in [2.24, 2.45) is 11.3 Å². The molecule has 0 bridgehead atoms. The molecule has 0 aliphatic heterocycles. The minimum absolute atomic E-state index is 0.395. The molecule has 0 aromatic heterocycles. The minimum Gasteiger partial charge on any atom is -0.393 e. The highest BCUT2D eigenvalue weighted by Gasteiger charge is 2.43. The normalized spacial score (nSPS) is 33.0. The molecule has 0 unspecified atom stereocenters. The van der Waals surface area contributed by atoms with Crippen LogP contribution in [0.5, 0.6) is 0 Å². The van der Waals surface area contributed by atoms with E-state index >= 15 is 0 Å². The molecule has 3 N–H and O–H groups in total. The third-order valence-corrected chi connectivity index (χ3v) is 7.21. The maximum atomic E-state index is 10.1. The van der Waals surface area contributed by atoms with E-state index in [1.54, 1.807) is 5.57 Å². The van der Waals surface area contributed by atoms with Crippen LogP contribution in [-0.2, 0) is 0 Å². The van der Waals surface area contributed by atoms with Crippen molar-refractivity contribution in [3.63, 3.8) is 0 Å². The summed E-state index contributed by atoms with van der Waals surface area (Å²) < 4.78 is 0. The first-order valence-corrected chi connectivity index (χ1v) is 11.3. The van der Waals surface area contributed by atoms with Crippen molar-refractivity contribution >= 4 is 0 Å². The molecule has 3 atom stereocenters. The lowest BCUT2D eigenvalue weighted by molar-refractivity contribution is 0.0609. The Bertz CT molecular complexity index is 536. The highest BCUT2D eigenvalue weighted by molar-refractivity contribution is 5.30. The minimum atomic E-state index is -0.568. The summed E-state index contributed by atoms with van der Waals surface area (Å²) in [6.45, 7) is 3.82. The number of hydrogen-bond acceptors (Lipinski definition) is 3. The second-order valence-corrected chi connectivity index (χ2v) is 10.2. The topological polar surface area (TPSA) is 60.7 Å². The molecule has 3 heteroatoms.